The highest BCUT2D eigenvalue weighted by molar-refractivity contribution is 6.40. The molecule has 1 heterocycles. The number of nitrogens with zero attached hydrogens (tertiary/aromatic N) is 2. The third kappa shape index (κ3) is 3.79. The van der Waals surface area contributed by atoms with Gasteiger partial charge in [0.25, 0.3) is 0 Å². The minimum Gasteiger partial charge on any atom is -0.508 e. The van der Waals surface area contributed by atoms with Gasteiger partial charge in [-0.25, -0.2) is 0 Å². The molecule has 2 aromatic rings. The summed E-state index contributed by atoms with van der Waals surface area (Å²) >= 11 is 0. The van der Waals surface area contributed by atoms with Crippen LogP contribution in [0.5, 0.6) is 5.75 Å². The summed E-state index contributed by atoms with van der Waals surface area (Å²) in [6.07, 6.45) is 3.25. The molecule has 0 saturated heterocycles. The first-order valence-electron chi connectivity index (χ1n) is 6.32. The van der Waals surface area contributed by atoms with Gasteiger partial charge in [0.05, 0.1) is 0 Å². The van der Waals surface area contributed by atoms with Crippen LogP contribution in [0, 0.1) is 0 Å². The molecule has 0 atom stereocenters. The second kappa shape index (κ2) is 6.51. The molecule has 0 saturated carbocycles. The van der Waals surface area contributed by atoms with E-state index in [-0.39, 0.29) is 12.3 Å². The quantitative estimate of drug-likeness (QED) is 0.826. The van der Waals surface area contributed by atoms with E-state index in [1.165, 1.54) is 24.1 Å². The van der Waals surface area contributed by atoms with E-state index in [0.717, 1.165) is 5.56 Å². The lowest BCUT2D eigenvalue weighted by Crippen LogP contribution is -2.40. The maximum atomic E-state index is 12.0. The number of aromatic hydroxyl groups is 1. The highest BCUT2D eigenvalue weighted by Crippen LogP contribution is 2.17. The molecule has 1 aromatic heterocycles. The Hall–Kier alpha value is -2.89. The number of hydrogen-bond donors (Lipinski definition) is 2. The number of phenolic OH excluding ortho intramolecular Hbond substituents is 1. The van der Waals surface area contributed by atoms with E-state index in [0.29, 0.717) is 5.69 Å². The van der Waals surface area contributed by atoms with Crippen molar-refractivity contribution in [2.75, 3.05) is 11.9 Å². The number of likely N-dealkylation sites (N-methyl/N-ethyl adjacent to an activating group) is 1. The van der Waals surface area contributed by atoms with Crippen LogP contribution in [0.3, 0.4) is 0 Å². The van der Waals surface area contributed by atoms with Crippen LogP contribution in [0.25, 0.3) is 0 Å². The molecule has 2 N–H and O–H groups in total. The van der Waals surface area contributed by atoms with Crippen molar-refractivity contribution in [1.82, 2.24) is 10.3 Å². The summed E-state index contributed by atoms with van der Waals surface area (Å²) in [4.78, 5) is 29.0. The Balaban J connectivity index is 1.95. The molecule has 0 aliphatic rings. The molecule has 6 heteroatoms. The average Bonchev–Trinajstić information content (AvgIpc) is 2.53. The van der Waals surface area contributed by atoms with Gasteiger partial charge in [-0.05, 0) is 35.9 Å². The van der Waals surface area contributed by atoms with Gasteiger partial charge in [0, 0.05) is 31.7 Å². The standard InChI is InChI=1S/C15H15N3O3/c1-18(12-4-6-13(19)7-5-12)15(21)14(20)17-10-11-3-2-8-16-9-11/h2-9,19H,10H2,1H3,(H,17,20). The Morgan fingerprint density at radius 3 is 2.57 bits per heavy atom. The van der Waals surface area contributed by atoms with Crippen LogP contribution in [0.1, 0.15) is 5.56 Å². The summed E-state index contributed by atoms with van der Waals surface area (Å²) in [5.41, 5.74) is 1.33. The Bertz CT molecular complexity index is 626. The molecule has 6 nitrogen and oxygen atoms in total. The summed E-state index contributed by atoms with van der Waals surface area (Å²) in [6, 6.07) is 9.58. The number of anilines is 1. The zero-order valence-corrected chi connectivity index (χ0v) is 11.5. The third-order valence-corrected chi connectivity index (χ3v) is 2.91. The number of rotatable bonds is 3. The van der Waals surface area contributed by atoms with Crippen molar-refractivity contribution in [2.45, 2.75) is 6.54 Å². The Morgan fingerprint density at radius 1 is 1.24 bits per heavy atom. The fraction of sp³-hybridized carbons (Fsp3) is 0.133. The molecule has 0 aliphatic carbocycles. The van der Waals surface area contributed by atoms with Gasteiger partial charge in [-0.2, -0.15) is 0 Å². The smallest absolute Gasteiger partial charge is 0.316 e. The lowest BCUT2D eigenvalue weighted by atomic mass is 10.2. The minimum absolute atomic E-state index is 0.0978. The second-order valence-corrected chi connectivity index (χ2v) is 4.42. The van der Waals surface area contributed by atoms with E-state index in [4.69, 9.17) is 0 Å². The molecule has 21 heavy (non-hydrogen) atoms. The van der Waals surface area contributed by atoms with Crippen molar-refractivity contribution in [1.29, 1.82) is 0 Å². The van der Waals surface area contributed by atoms with Gasteiger partial charge >= 0.3 is 11.8 Å². The maximum absolute atomic E-state index is 12.0. The zero-order chi connectivity index (χ0) is 15.2. The van der Waals surface area contributed by atoms with Gasteiger partial charge in [-0.1, -0.05) is 6.07 Å². The molecular weight excluding hydrogens is 270 g/mol. The SMILES string of the molecule is CN(C(=O)C(=O)NCc1cccnc1)c1ccc(O)cc1. The fourth-order valence-electron chi connectivity index (χ4n) is 1.71. The molecule has 0 fully saturated rings. The minimum atomic E-state index is -0.700. The lowest BCUT2D eigenvalue weighted by molar-refractivity contribution is -0.137. The van der Waals surface area contributed by atoms with E-state index in [1.807, 2.05) is 0 Å². The van der Waals surface area contributed by atoms with Gasteiger partial charge < -0.3 is 15.3 Å². The van der Waals surface area contributed by atoms with E-state index in [2.05, 4.69) is 10.3 Å². The topological polar surface area (TPSA) is 82.5 Å². The number of pyridine rings is 1. The van der Waals surface area contributed by atoms with Crippen LogP contribution in [0.4, 0.5) is 5.69 Å². The van der Waals surface area contributed by atoms with Crippen molar-refractivity contribution in [3.8, 4) is 5.75 Å². The number of benzene rings is 1. The van der Waals surface area contributed by atoms with Gasteiger partial charge in [0.1, 0.15) is 5.75 Å². The predicted molar refractivity (Wildman–Crippen MR) is 77.6 cm³/mol. The Morgan fingerprint density at radius 2 is 1.95 bits per heavy atom. The normalized spacial score (nSPS) is 9.95. The van der Waals surface area contributed by atoms with E-state index in [1.54, 1.807) is 36.7 Å². The van der Waals surface area contributed by atoms with Crippen molar-refractivity contribution in [3.05, 3.63) is 54.4 Å². The predicted octanol–water partition coefficient (Wildman–Crippen LogP) is 1.07. The summed E-state index contributed by atoms with van der Waals surface area (Å²) in [5, 5.41) is 11.7. The van der Waals surface area contributed by atoms with Gasteiger partial charge in [-0.15, -0.1) is 0 Å². The fourth-order valence-corrected chi connectivity index (χ4v) is 1.71. The van der Waals surface area contributed by atoms with Gasteiger partial charge in [-0.3, -0.25) is 14.6 Å². The molecule has 1 aromatic carbocycles. The molecule has 0 bridgehead atoms. The Labute approximate surface area is 122 Å². The molecule has 0 unspecified atom stereocenters. The highest BCUT2D eigenvalue weighted by Gasteiger charge is 2.19. The van der Waals surface area contributed by atoms with Crippen LogP contribution in [0.2, 0.25) is 0 Å². The summed E-state index contributed by atoms with van der Waals surface area (Å²) in [7, 11) is 1.50. The van der Waals surface area contributed by atoms with Crippen molar-refractivity contribution in [2.24, 2.45) is 0 Å². The number of aromatic nitrogens is 1. The molecule has 2 rings (SSSR count). The van der Waals surface area contributed by atoms with Crippen LogP contribution in [0.15, 0.2) is 48.8 Å². The number of nitrogens with one attached hydrogen (secondary N) is 1. The van der Waals surface area contributed by atoms with Crippen molar-refractivity contribution >= 4 is 17.5 Å². The highest BCUT2D eigenvalue weighted by atomic mass is 16.3. The van der Waals surface area contributed by atoms with Crippen LogP contribution < -0.4 is 10.2 Å². The molecule has 0 radical (unpaired) electrons. The first kappa shape index (κ1) is 14.5. The number of phenols is 1. The van der Waals surface area contributed by atoms with Gasteiger partial charge in [0.15, 0.2) is 0 Å². The maximum Gasteiger partial charge on any atom is 0.316 e. The van der Waals surface area contributed by atoms with E-state index < -0.39 is 11.8 Å². The van der Waals surface area contributed by atoms with Crippen molar-refractivity contribution < 1.29 is 14.7 Å². The Kier molecular flexibility index (Phi) is 4.50. The largest absolute Gasteiger partial charge is 0.508 e. The monoisotopic (exact) mass is 285 g/mol. The lowest BCUT2D eigenvalue weighted by Gasteiger charge is -2.16. The van der Waals surface area contributed by atoms with E-state index >= 15 is 0 Å². The van der Waals surface area contributed by atoms with E-state index in [9.17, 15) is 14.7 Å². The molecular formula is C15H15N3O3. The second-order valence-electron chi connectivity index (χ2n) is 4.42. The van der Waals surface area contributed by atoms with Crippen LogP contribution in [-0.2, 0) is 16.1 Å². The molecule has 0 aliphatic heterocycles. The summed E-state index contributed by atoms with van der Waals surface area (Å²) in [6.45, 7) is 0.238. The van der Waals surface area contributed by atoms with Crippen LogP contribution >= 0.6 is 0 Å². The summed E-state index contributed by atoms with van der Waals surface area (Å²) < 4.78 is 0. The number of carbonyl (C=O) groups is 2. The third-order valence-electron chi connectivity index (χ3n) is 2.91. The average molecular weight is 285 g/mol. The van der Waals surface area contributed by atoms with Crippen molar-refractivity contribution in [3.63, 3.8) is 0 Å². The molecule has 0 spiro atoms. The van der Waals surface area contributed by atoms with Crippen LogP contribution in [-0.4, -0.2) is 29.0 Å². The van der Waals surface area contributed by atoms with Gasteiger partial charge in [0.2, 0.25) is 0 Å². The first-order chi connectivity index (χ1) is 10.1. The number of hydrogen-bond acceptors (Lipinski definition) is 4. The summed E-state index contributed by atoms with van der Waals surface area (Å²) in [5.74, 6) is -1.28. The zero-order valence-electron chi connectivity index (χ0n) is 11.5. The number of amides is 2. The molecule has 2 amide bonds. The molecule has 108 valence electrons. The number of carbonyl (C=O) groups excluding carboxylic acids is 2. The first-order valence-corrected chi connectivity index (χ1v) is 6.32.